The lowest BCUT2D eigenvalue weighted by Gasteiger charge is -2.38. The van der Waals surface area contributed by atoms with Crippen LogP contribution in [0.3, 0.4) is 0 Å². The second-order valence-electron chi connectivity index (χ2n) is 5.59. The summed E-state index contributed by atoms with van der Waals surface area (Å²) in [5.74, 6) is 0. The van der Waals surface area contributed by atoms with Crippen LogP contribution in [0.4, 0.5) is 5.69 Å². The number of carbonyl (C=O) groups is 1. The molecule has 18 heavy (non-hydrogen) atoms. The summed E-state index contributed by atoms with van der Waals surface area (Å²) in [5, 5.41) is 2.74. The first-order valence-corrected chi connectivity index (χ1v) is 6.45. The highest BCUT2D eigenvalue weighted by molar-refractivity contribution is 5.72. The Morgan fingerprint density at radius 1 is 1.50 bits per heavy atom. The number of likely N-dealkylation sites (tertiary alicyclic amines) is 1. The third kappa shape index (κ3) is 3.07. The van der Waals surface area contributed by atoms with Crippen LogP contribution in [0.2, 0.25) is 0 Å². The van der Waals surface area contributed by atoms with E-state index in [-0.39, 0.29) is 0 Å². The number of piperidine rings is 1. The van der Waals surface area contributed by atoms with Crippen LogP contribution in [0.5, 0.6) is 0 Å². The summed E-state index contributed by atoms with van der Waals surface area (Å²) < 4.78 is 0. The van der Waals surface area contributed by atoms with Crippen LogP contribution < -0.4 is 5.32 Å². The van der Waals surface area contributed by atoms with Crippen molar-refractivity contribution in [3.8, 4) is 0 Å². The van der Waals surface area contributed by atoms with Gasteiger partial charge >= 0.3 is 0 Å². The van der Waals surface area contributed by atoms with Crippen molar-refractivity contribution in [3.05, 3.63) is 24.0 Å². The van der Waals surface area contributed by atoms with Gasteiger partial charge in [0, 0.05) is 6.20 Å². The number of anilines is 1. The number of hydrogen-bond donors (Lipinski definition) is 1. The molecule has 2 heterocycles. The Hall–Kier alpha value is -1.42. The molecule has 98 valence electrons. The first kappa shape index (κ1) is 13.0. The molecule has 4 nitrogen and oxygen atoms in total. The van der Waals surface area contributed by atoms with E-state index in [0.717, 1.165) is 31.6 Å². The van der Waals surface area contributed by atoms with Crippen molar-refractivity contribution in [1.82, 2.24) is 9.88 Å². The smallest absolute Gasteiger partial charge is 0.211 e. The predicted molar refractivity (Wildman–Crippen MR) is 72.5 cm³/mol. The van der Waals surface area contributed by atoms with Gasteiger partial charge in [0.05, 0.1) is 11.9 Å². The molecule has 0 aromatic carbocycles. The zero-order valence-corrected chi connectivity index (χ0v) is 11.1. The number of nitrogens with one attached hydrogen (secondary N) is 1. The van der Waals surface area contributed by atoms with Crippen molar-refractivity contribution < 1.29 is 4.79 Å². The predicted octanol–water partition coefficient (Wildman–Crippen LogP) is 1.92. The molecule has 0 aliphatic carbocycles. The summed E-state index contributed by atoms with van der Waals surface area (Å²) >= 11 is 0. The molecule has 1 amide bonds. The van der Waals surface area contributed by atoms with Gasteiger partial charge in [-0.25, -0.2) is 0 Å². The standard InChI is InChI=1S/C14H21N3O/c1-14(4-7-17(2)8-5-14)9-12-3-6-15-10-13(12)16-11-18/h3,6,10-11H,4-5,7-9H2,1-2H3,(H,16,18). The molecular weight excluding hydrogens is 226 g/mol. The van der Waals surface area contributed by atoms with E-state index in [1.807, 2.05) is 6.07 Å². The fourth-order valence-electron chi connectivity index (χ4n) is 2.57. The highest BCUT2D eigenvalue weighted by Gasteiger charge is 2.29. The van der Waals surface area contributed by atoms with E-state index in [0.29, 0.717) is 5.41 Å². The molecule has 1 aliphatic rings. The number of hydrogen-bond acceptors (Lipinski definition) is 3. The lowest BCUT2D eigenvalue weighted by Crippen LogP contribution is -2.37. The Balaban J connectivity index is 2.10. The van der Waals surface area contributed by atoms with Crippen LogP contribution in [0.1, 0.15) is 25.3 Å². The van der Waals surface area contributed by atoms with Gasteiger partial charge in [-0.3, -0.25) is 9.78 Å². The maximum Gasteiger partial charge on any atom is 0.211 e. The molecule has 0 unspecified atom stereocenters. The van der Waals surface area contributed by atoms with Crippen LogP contribution in [0.15, 0.2) is 18.5 Å². The normalized spacial score (nSPS) is 19.4. The molecular formula is C14H21N3O. The van der Waals surface area contributed by atoms with E-state index >= 15 is 0 Å². The molecule has 0 spiro atoms. The zero-order chi connectivity index (χ0) is 13.0. The number of amides is 1. The van der Waals surface area contributed by atoms with Gasteiger partial charge in [0.1, 0.15) is 0 Å². The summed E-state index contributed by atoms with van der Waals surface area (Å²) in [6, 6.07) is 2.01. The number of carbonyl (C=O) groups excluding carboxylic acids is 1. The third-order valence-electron chi connectivity index (χ3n) is 3.94. The van der Waals surface area contributed by atoms with Crippen LogP contribution in [-0.2, 0) is 11.2 Å². The largest absolute Gasteiger partial charge is 0.327 e. The van der Waals surface area contributed by atoms with Gasteiger partial charge in [-0.15, -0.1) is 0 Å². The van der Waals surface area contributed by atoms with E-state index in [9.17, 15) is 4.79 Å². The molecule has 0 bridgehead atoms. The maximum absolute atomic E-state index is 10.6. The minimum atomic E-state index is 0.327. The second-order valence-corrected chi connectivity index (χ2v) is 5.59. The highest BCUT2D eigenvalue weighted by Crippen LogP contribution is 2.35. The van der Waals surface area contributed by atoms with Crippen LogP contribution in [-0.4, -0.2) is 36.4 Å². The molecule has 1 N–H and O–H groups in total. The third-order valence-corrected chi connectivity index (χ3v) is 3.94. The Kier molecular flexibility index (Phi) is 3.97. The molecule has 1 aromatic rings. The summed E-state index contributed by atoms with van der Waals surface area (Å²) in [6.07, 6.45) is 7.64. The number of pyridine rings is 1. The van der Waals surface area contributed by atoms with Gasteiger partial charge in [0.25, 0.3) is 0 Å². The Bertz CT molecular complexity index is 411. The maximum atomic E-state index is 10.6. The molecule has 1 aromatic heterocycles. The van der Waals surface area contributed by atoms with Gasteiger partial charge in [-0.1, -0.05) is 6.92 Å². The Morgan fingerprint density at radius 3 is 2.89 bits per heavy atom. The lowest BCUT2D eigenvalue weighted by atomic mass is 9.75. The van der Waals surface area contributed by atoms with Crippen molar-refractivity contribution in [2.24, 2.45) is 5.41 Å². The van der Waals surface area contributed by atoms with Gasteiger partial charge in [0.2, 0.25) is 6.41 Å². The molecule has 1 aliphatic heterocycles. The van der Waals surface area contributed by atoms with Crippen LogP contribution >= 0.6 is 0 Å². The molecule has 1 fully saturated rings. The van der Waals surface area contributed by atoms with Gasteiger partial charge < -0.3 is 10.2 Å². The first-order valence-electron chi connectivity index (χ1n) is 6.45. The molecule has 2 rings (SSSR count). The fourth-order valence-corrected chi connectivity index (χ4v) is 2.57. The summed E-state index contributed by atoms with van der Waals surface area (Å²) in [5.41, 5.74) is 2.35. The van der Waals surface area contributed by atoms with E-state index in [4.69, 9.17) is 0 Å². The number of rotatable bonds is 4. The molecule has 1 saturated heterocycles. The summed E-state index contributed by atoms with van der Waals surface area (Å²) in [4.78, 5) is 17.0. The van der Waals surface area contributed by atoms with Crippen LogP contribution in [0, 0.1) is 5.41 Å². The molecule has 0 radical (unpaired) electrons. The number of nitrogens with zero attached hydrogens (tertiary/aromatic N) is 2. The minimum Gasteiger partial charge on any atom is -0.327 e. The minimum absolute atomic E-state index is 0.327. The van der Waals surface area contributed by atoms with Crippen molar-refractivity contribution in [2.75, 3.05) is 25.5 Å². The van der Waals surface area contributed by atoms with Gasteiger partial charge in [0.15, 0.2) is 0 Å². The van der Waals surface area contributed by atoms with Crippen molar-refractivity contribution in [2.45, 2.75) is 26.2 Å². The van der Waals surface area contributed by atoms with Gasteiger partial charge in [-0.05, 0) is 56.4 Å². The zero-order valence-electron chi connectivity index (χ0n) is 11.1. The Morgan fingerprint density at radius 2 is 2.22 bits per heavy atom. The summed E-state index contributed by atoms with van der Waals surface area (Å²) in [7, 11) is 2.17. The fraction of sp³-hybridized carbons (Fsp3) is 0.571. The molecule has 0 atom stereocenters. The Labute approximate surface area is 108 Å². The van der Waals surface area contributed by atoms with Crippen molar-refractivity contribution >= 4 is 12.1 Å². The SMILES string of the molecule is CN1CCC(C)(Cc2ccncc2NC=O)CC1. The van der Waals surface area contributed by atoms with Crippen molar-refractivity contribution in [1.29, 1.82) is 0 Å². The van der Waals surface area contributed by atoms with Crippen molar-refractivity contribution in [3.63, 3.8) is 0 Å². The average Bonchev–Trinajstić information content (AvgIpc) is 2.36. The monoisotopic (exact) mass is 247 g/mol. The molecule has 4 heteroatoms. The summed E-state index contributed by atoms with van der Waals surface area (Å²) in [6.45, 7) is 4.64. The van der Waals surface area contributed by atoms with E-state index in [2.05, 4.69) is 29.2 Å². The average molecular weight is 247 g/mol. The lowest BCUT2D eigenvalue weighted by molar-refractivity contribution is -0.105. The van der Waals surface area contributed by atoms with Crippen LogP contribution in [0.25, 0.3) is 0 Å². The quantitative estimate of drug-likeness (QED) is 0.827. The topological polar surface area (TPSA) is 45.2 Å². The number of aromatic nitrogens is 1. The molecule has 0 saturated carbocycles. The van der Waals surface area contributed by atoms with E-state index < -0.39 is 0 Å². The highest BCUT2D eigenvalue weighted by atomic mass is 16.1. The van der Waals surface area contributed by atoms with E-state index in [1.165, 1.54) is 18.4 Å². The first-order chi connectivity index (χ1) is 8.63. The van der Waals surface area contributed by atoms with E-state index in [1.54, 1.807) is 12.4 Å². The second kappa shape index (κ2) is 5.48. The van der Waals surface area contributed by atoms with Gasteiger partial charge in [-0.2, -0.15) is 0 Å².